The van der Waals surface area contributed by atoms with E-state index in [0.717, 1.165) is 13.1 Å². The fraction of sp³-hybridized carbons (Fsp3) is 0.538. The Labute approximate surface area is 110 Å². The van der Waals surface area contributed by atoms with Crippen molar-refractivity contribution in [3.05, 3.63) is 32.4 Å². The number of thiophene rings is 1. The van der Waals surface area contributed by atoms with E-state index in [0.29, 0.717) is 0 Å². The van der Waals surface area contributed by atoms with Crippen molar-refractivity contribution in [2.24, 2.45) is 0 Å². The minimum Gasteiger partial charge on any atom is -0.312 e. The van der Waals surface area contributed by atoms with Crippen molar-refractivity contribution in [1.29, 1.82) is 0 Å². The molecule has 0 spiro atoms. The van der Waals surface area contributed by atoms with Gasteiger partial charge in [-0.2, -0.15) is 0 Å². The van der Waals surface area contributed by atoms with E-state index in [9.17, 15) is 0 Å². The van der Waals surface area contributed by atoms with Gasteiger partial charge in [0.2, 0.25) is 0 Å². The average Bonchev–Trinajstić information content (AvgIpc) is 2.72. The summed E-state index contributed by atoms with van der Waals surface area (Å²) >= 11 is 5.24. The molecule has 0 unspecified atom stereocenters. The number of allylic oxidation sites excluding steroid dienone is 1. The van der Waals surface area contributed by atoms with Crippen LogP contribution in [0.15, 0.2) is 26.9 Å². The maximum absolute atomic E-state index is 3.51. The molecule has 0 saturated carbocycles. The highest BCUT2D eigenvalue weighted by atomic mass is 79.9. The van der Waals surface area contributed by atoms with E-state index in [1.807, 2.05) is 0 Å². The largest absolute Gasteiger partial charge is 0.312 e. The molecule has 1 aromatic heterocycles. The Morgan fingerprint density at radius 3 is 3.00 bits per heavy atom. The normalized spacial score (nSPS) is 16.2. The van der Waals surface area contributed by atoms with Crippen molar-refractivity contribution in [2.75, 3.05) is 6.54 Å². The van der Waals surface area contributed by atoms with Gasteiger partial charge in [0, 0.05) is 6.54 Å². The molecule has 1 N–H and O–H groups in total. The highest BCUT2D eigenvalue weighted by molar-refractivity contribution is 9.11. The van der Waals surface area contributed by atoms with Crippen LogP contribution in [0.1, 0.15) is 37.7 Å². The Hall–Kier alpha value is -0.120. The minimum atomic E-state index is 0.995. The second kappa shape index (κ2) is 6.58. The zero-order valence-corrected chi connectivity index (χ0v) is 11.9. The molecule has 1 nitrogen and oxygen atoms in total. The lowest BCUT2D eigenvalue weighted by atomic mass is 9.97. The lowest BCUT2D eigenvalue weighted by Gasteiger charge is -2.12. The van der Waals surface area contributed by atoms with Gasteiger partial charge in [-0.1, -0.05) is 11.6 Å². The Bertz CT molecular complexity index is 357. The van der Waals surface area contributed by atoms with E-state index in [-0.39, 0.29) is 0 Å². The summed E-state index contributed by atoms with van der Waals surface area (Å²) in [5, 5.41) is 5.71. The highest BCUT2D eigenvalue weighted by Gasteiger charge is 2.03. The standard InChI is InChI=1S/C13H18BrNS/c14-13-8-12(10-16-13)9-15-7-6-11-4-2-1-3-5-11/h4,8,10,15H,1-3,5-7,9H2. The number of rotatable bonds is 5. The summed E-state index contributed by atoms with van der Waals surface area (Å²) in [7, 11) is 0. The summed E-state index contributed by atoms with van der Waals surface area (Å²) in [6.07, 6.45) is 9.07. The van der Waals surface area contributed by atoms with Gasteiger partial charge in [0.05, 0.1) is 3.79 Å². The van der Waals surface area contributed by atoms with Crippen molar-refractivity contribution in [2.45, 2.75) is 38.6 Å². The van der Waals surface area contributed by atoms with E-state index in [4.69, 9.17) is 0 Å². The van der Waals surface area contributed by atoms with Crippen LogP contribution in [-0.2, 0) is 6.54 Å². The second-order valence-electron chi connectivity index (χ2n) is 4.29. The van der Waals surface area contributed by atoms with Crippen LogP contribution < -0.4 is 5.32 Å². The molecule has 0 amide bonds. The molecule has 0 aromatic carbocycles. The molecule has 88 valence electrons. The molecular weight excluding hydrogens is 282 g/mol. The van der Waals surface area contributed by atoms with Crippen LogP contribution in [-0.4, -0.2) is 6.54 Å². The van der Waals surface area contributed by atoms with E-state index >= 15 is 0 Å². The molecule has 0 fully saturated rings. The first-order chi connectivity index (χ1) is 7.84. The lowest BCUT2D eigenvalue weighted by molar-refractivity contribution is 0.633. The fourth-order valence-electron chi connectivity index (χ4n) is 2.05. The van der Waals surface area contributed by atoms with Gasteiger partial charge in [-0.25, -0.2) is 0 Å². The molecule has 1 heterocycles. The summed E-state index contributed by atoms with van der Waals surface area (Å²) in [6.45, 7) is 2.11. The molecule has 0 aliphatic heterocycles. The number of hydrogen-bond acceptors (Lipinski definition) is 2. The van der Waals surface area contributed by atoms with Crippen LogP contribution in [0.4, 0.5) is 0 Å². The summed E-state index contributed by atoms with van der Waals surface area (Å²) < 4.78 is 1.22. The third-order valence-electron chi connectivity index (χ3n) is 2.96. The van der Waals surface area contributed by atoms with Crippen LogP contribution in [0.5, 0.6) is 0 Å². The van der Waals surface area contributed by atoms with Crippen LogP contribution in [0.25, 0.3) is 0 Å². The van der Waals surface area contributed by atoms with Gasteiger partial charge in [-0.3, -0.25) is 0 Å². The van der Waals surface area contributed by atoms with Crippen LogP contribution in [0.2, 0.25) is 0 Å². The Kier molecular flexibility index (Phi) is 5.07. The maximum Gasteiger partial charge on any atom is 0.0701 e. The van der Waals surface area contributed by atoms with Crippen molar-refractivity contribution in [3.63, 3.8) is 0 Å². The van der Waals surface area contributed by atoms with E-state index in [1.165, 1.54) is 41.5 Å². The molecule has 0 atom stereocenters. The monoisotopic (exact) mass is 299 g/mol. The van der Waals surface area contributed by atoms with Crippen molar-refractivity contribution < 1.29 is 0 Å². The Morgan fingerprint density at radius 1 is 1.38 bits per heavy atom. The second-order valence-corrected chi connectivity index (χ2v) is 6.58. The topological polar surface area (TPSA) is 12.0 Å². The SMILES string of the molecule is Brc1cc(CNCCC2=CCCCC2)cs1. The molecular formula is C13H18BrNS. The summed E-state index contributed by atoms with van der Waals surface area (Å²) in [6, 6.07) is 2.19. The number of nitrogens with one attached hydrogen (secondary N) is 1. The van der Waals surface area contributed by atoms with E-state index in [1.54, 1.807) is 16.9 Å². The predicted octanol–water partition coefficient (Wildman–Crippen LogP) is 4.49. The average molecular weight is 300 g/mol. The zero-order valence-electron chi connectivity index (χ0n) is 9.47. The van der Waals surface area contributed by atoms with Gasteiger partial charge in [0.15, 0.2) is 0 Å². The smallest absolute Gasteiger partial charge is 0.0701 e. The lowest BCUT2D eigenvalue weighted by Crippen LogP contribution is -2.15. The van der Waals surface area contributed by atoms with E-state index < -0.39 is 0 Å². The highest BCUT2D eigenvalue weighted by Crippen LogP contribution is 2.21. The van der Waals surface area contributed by atoms with E-state index in [2.05, 4.69) is 38.8 Å². The molecule has 0 bridgehead atoms. The third-order valence-corrected chi connectivity index (χ3v) is 4.51. The maximum atomic E-state index is 3.51. The third kappa shape index (κ3) is 4.04. The number of halogens is 1. The number of hydrogen-bond donors (Lipinski definition) is 1. The van der Waals surface area contributed by atoms with Crippen LogP contribution in [0.3, 0.4) is 0 Å². The first kappa shape index (κ1) is 12.3. The first-order valence-electron chi connectivity index (χ1n) is 5.96. The quantitative estimate of drug-likeness (QED) is 0.624. The van der Waals surface area contributed by atoms with Gasteiger partial charge in [-0.05, 0) is 71.6 Å². The van der Waals surface area contributed by atoms with Gasteiger partial charge >= 0.3 is 0 Å². The molecule has 2 rings (SSSR count). The van der Waals surface area contributed by atoms with Gasteiger partial charge in [-0.15, -0.1) is 11.3 Å². The predicted molar refractivity (Wildman–Crippen MR) is 74.9 cm³/mol. The van der Waals surface area contributed by atoms with Gasteiger partial charge in [0.1, 0.15) is 0 Å². The molecule has 0 saturated heterocycles. The molecule has 1 aliphatic rings. The molecule has 3 heteroatoms. The minimum absolute atomic E-state index is 0.995. The fourth-order valence-corrected chi connectivity index (χ4v) is 3.26. The summed E-state index contributed by atoms with van der Waals surface area (Å²) in [5.74, 6) is 0. The molecule has 0 radical (unpaired) electrons. The van der Waals surface area contributed by atoms with Crippen molar-refractivity contribution in [1.82, 2.24) is 5.32 Å². The van der Waals surface area contributed by atoms with Gasteiger partial charge in [0.25, 0.3) is 0 Å². The van der Waals surface area contributed by atoms with Crippen LogP contribution >= 0.6 is 27.3 Å². The molecule has 1 aromatic rings. The zero-order chi connectivity index (χ0) is 11.2. The first-order valence-corrected chi connectivity index (χ1v) is 7.63. The Morgan fingerprint density at radius 2 is 2.31 bits per heavy atom. The van der Waals surface area contributed by atoms with Crippen LogP contribution in [0, 0.1) is 0 Å². The Balaban J connectivity index is 1.63. The molecule has 1 aliphatic carbocycles. The van der Waals surface area contributed by atoms with Crippen molar-refractivity contribution >= 4 is 27.3 Å². The summed E-state index contributed by atoms with van der Waals surface area (Å²) in [5.41, 5.74) is 3.04. The van der Waals surface area contributed by atoms with Gasteiger partial charge < -0.3 is 5.32 Å². The van der Waals surface area contributed by atoms with Crippen molar-refractivity contribution in [3.8, 4) is 0 Å². The molecule has 16 heavy (non-hydrogen) atoms. The summed E-state index contributed by atoms with van der Waals surface area (Å²) in [4.78, 5) is 0.